The first-order valence-electron chi connectivity index (χ1n) is 35.8. The van der Waals surface area contributed by atoms with E-state index >= 15 is 0 Å². The molecule has 0 aromatic rings. The van der Waals surface area contributed by atoms with Crippen LogP contribution in [0.15, 0.2) is 60.8 Å². The minimum Gasteiger partial charge on any atom is -0.462 e. The average Bonchev–Trinajstić information content (AvgIpc) is 3.47. The van der Waals surface area contributed by atoms with Crippen molar-refractivity contribution in [1.82, 2.24) is 0 Å². The summed E-state index contributed by atoms with van der Waals surface area (Å²) in [5.74, 6) is -0.881. The van der Waals surface area contributed by atoms with Gasteiger partial charge >= 0.3 is 17.9 Å². The maximum absolute atomic E-state index is 12.9. The maximum Gasteiger partial charge on any atom is 0.306 e. The fourth-order valence-corrected chi connectivity index (χ4v) is 10.5. The Balaban J connectivity index is 4.07. The summed E-state index contributed by atoms with van der Waals surface area (Å²) in [6, 6.07) is 0. The maximum atomic E-state index is 12.9. The number of hydrogen-bond acceptors (Lipinski definition) is 6. The van der Waals surface area contributed by atoms with E-state index in [1.54, 1.807) is 0 Å². The van der Waals surface area contributed by atoms with Crippen molar-refractivity contribution in [2.45, 2.75) is 386 Å². The van der Waals surface area contributed by atoms with Crippen LogP contribution in [0.25, 0.3) is 0 Å². The molecule has 0 aromatic carbocycles. The van der Waals surface area contributed by atoms with Gasteiger partial charge in [0.05, 0.1) is 0 Å². The Morgan fingerprint density at radius 3 is 0.728 bits per heavy atom. The summed E-state index contributed by atoms with van der Waals surface area (Å²) >= 11 is 0. The van der Waals surface area contributed by atoms with Crippen molar-refractivity contribution in [3.63, 3.8) is 0 Å². The molecule has 0 saturated heterocycles. The standard InChI is InChI=1S/C75H136O6/c1-4-7-10-13-16-19-22-25-28-29-30-31-32-33-34-35-36-37-38-39-40-41-42-43-44-45-46-47-48-51-53-56-59-62-65-68-74(77)80-71-72(81-75(78)69-66-63-60-57-54-50-27-24-21-18-15-12-9-6-3)70-79-73(76)67-64-61-58-55-52-49-26-23-20-17-14-11-8-5-2/h15,18,22-27,29-30,72H,4-14,16-17,19-21,28,31-71H2,1-3H3/b18-15-,25-22-,26-23-,27-24-,30-29-. The van der Waals surface area contributed by atoms with E-state index in [0.29, 0.717) is 19.3 Å². The number of unbranched alkanes of at least 4 members (excludes halogenated alkanes) is 45. The normalized spacial score (nSPS) is 12.4. The van der Waals surface area contributed by atoms with Crippen molar-refractivity contribution in [2.75, 3.05) is 13.2 Å². The van der Waals surface area contributed by atoms with Crippen LogP contribution in [-0.4, -0.2) is 37.2 Å². The molecule has 0 amide bonds. The van der Waals surface area contributed by atoms with Gasteiger partial charge in [-0.3, -0.25) is 14.4 Å². The monoisotopic (exact) mass is 1130 g/mol. The number of carbonyl (C=O) groups excluding carboxylic acids is 3. The second kappa shape index (κ2) is 69.6. The number of allylic oxidation sites excluding steroid dienone is 10. The summed E-state index contributed by atoms with van der Waals surface area (Å²) in [6.07, 6.45) is 89.9. The Morgan fingerprint density at radius 1 is 0.247 bits per heavy atom. The van der Waals surface area contributed by atoms with Gasteiger partial charge in [-0.25, -0.2) is 0 Å². The first-order valence-corrected chi connectivity index (χ1v) is 35.8. The van der Waals surface area contributed by atoms with Gasteiger partial charge < -0.3 is 14.2 Å². The second-order valence-corrected chi connectivity index (χ2v) is 24.1. The third kappa shape index (κ3) is 67.8. The topological polar surface area (TPSA) is 78.9 Å². The van der Waals surface area contributed by atoms with E-state index < -0.39 is 6.10 Å². The van der Waals surface area contributed by atoms with Gasteiger partial charge in [-0.15, -0.1) is 0 Å². The zero-order valence-corrected chi connectivity index (χ0v) is 54.3. The van der Waals surface area contributed by atoms with Gasteiger partial charge in [0.15, 0.2) is 6.10 Å². The molecular formula is C75H136O6. The highest BCUT2D eigenvalue weighted by molar-refractivity contribution is 5.71. The summed E-state index contributed by atoms with van der Waals surface area (Å²) in [7, 11) is 0. The Hall–Kier alpha value is -2.89. The molecule has 0 aliphatic heterocycles. The number of esters is 3. The van der Waals surface area contributed by atoms with Crippen LogP contribution >= 0.6 is 0 Å². The quantitative estimate of drug-likeness (QED) is 0.0261. The average molecular weight is 1130 g/mol. The van der Waals surface area contributed by atoms with Crippen molar-refractivity contribution in [3.05, 3.63) is 60.8 Å². The minimum atomic E-state index is -0.783. The van der Waals surface area contributed by atoms with Crippen LogP contribution in [0.4, 0.5) is 0 Å². The third-order valence-corrected chi connectivity index (χ3v) is 16.0. The predicted molar refractivity (Wildman–Crippen MR) is 353 cm³/mol. The lowest BCUT2D eigenvalue weighted by atomic mass is 10.0. The fraction of sp³-hybridized carbons (Fsp3) is 0.827. The molecule has 0 aliphatic carbocycles. The molecule has 0 fully saturated rings. The number of ether oxygens (including phenoxy) is 3. The molecule has 1 unspecified atom stereocenters. The Bertz CT molecular complexity index is 1440. The molecule has 0 spiro atoms. The van der Waals surface area contributed by atoms with Gasteiger partial charge in [-0.05, 0) is 103 Å². The van der Waals surface area contributed by atoms with Crippen molar-refractivity contribution >= 4 is 17.9 Å². The molecule has 81 heavy (non-hydrogen) atoms. The largest absolute Gasteiger partial charge is 0.462 e. The lowest BCUT2D eigenvalue weighted by molar-refractivity contribution is -0.167. The molecule has 6 heteroatoms. The summed E-state index contributed by atoms with van der Waals surface area (Å²) in [4.78, 5) is 38.3. The van der Waals surface area contributed by atoms with Crippen LogP contribution in [0.3, 0.4) is 0 Å². The Morgan fingerprint density at radius 2 is 0.457 bits per heavy atom. The van der Waals surface area contributed by atoms with Gasteiger partial charge in [0.2, 0.25) is 0 Å². The molecule has 0 heterocycles. The van der Waals surface area contributed by atoms with E-state index in [-0.39, 0.29) is 31.1 Å². The van der Waals surface area contributed by atoms with E-state index in [1.807, 2.05) is 0 Å². The first kappa shape index (κ1) is 78.1. The molecule has 0 aromatic heterocycles. The smallest absolute Gasteiger partial charge is 0.306 e. The highest BCUT2D eigenvalue weighted by atomic mass is 16.6. The molecule has 0 aliphatic rings. The zero-order valence-electron chi connectivity index (χ0n) is 54.3. The highest BCUT2D eigenvalue weighted by Gasteiger charge is 2.19. The fourth-order valence-electron chi connectivity index (χ4n) is 10.5. The van der Waals surface area contributed by atoms with Gasteiger partial charge in [0.1, 0.15) is 13.2 Å². The van der Waals surface area contributed by atoms with Gasteiger partial charge in [-0.1, -0.05) is 319 Å². The first-order chi connectivity index (χ1) is 40.0. The van der Waals surface area contributed by atoms with Crippen LogP contribution in [0.2, 0.25) is 0 Å². The second-order valence-electron chi connectivity index (χ2n) is 24.1. The van der Waals surface area contributed by atoms with Crippen LogP contribution in [0, 0.1) is 0 Å². The van der Waals surface area contributed by atoms with Crippen LogP contribution < -0.4 is 0 Å². The zero-order chi connectivity index (χ0) is 58.5. The lowest BCUT2D eigenvalue weighted by Crippen LogP contribution is -2.30. The predicted octanol–water partition coefficient (Wildman–Crippen LogP) is 24.7. The van der Waals surface area contributed by atoms with Crippen molar-refractivity contribution in [1.29, 1.82) is 0 Å². The molecule has 472 valence electrons. The summed E-state index contributed by atoms with van der Waals surface area (Å²) in [5, 5.41) is 0. The molecule has 0 bridgehead atoms. The molecule has 0 N–H and O–H groups in total. The van der Waals surface area contributed by atoms with Crippen LogP contribution in [0.5, 0.6) is 0 Å². The Kier molecular flexibility index (Phi) is 67.1. The SMILES string of the molecule is CCCC/C=C\C/C=C\CCCCCCCC(=O)OC(COC(=O)CCCCCCC/C=C\CCCCCCC)COC(=O)CCCCCCCCCCCCCCCCCCCCCCCCC/C=C\C/C=C\CCCCCCC. The summed E-state index contributed by atoms with van der Waals surface area (Å²) in [6.45, 7) is 6.61. The van der Waals surface area contributed by atoms with Gasteiger partial charge in [0.25, 0.3) is 0 Å². The third-order valence-electron chi connectivity index (χ3n) is 16.0. The highest BCUT2D eigenvalue weighted by Crippen LogP contribution is 2.18. The lowest BCUT2D eigenvalue weighted by Gasteiger charge is -2.18. The van der Waals surface area contributed by atoms with Crippen molar-refractivity contribution in [3.8, 4) is 0 Å². The molecule has 6 nitrogen and oxygen atoms in total. The number of hydrogen-bond donors (Lipinski definition) is 0. The van der Waals surface area contributed by atoms with Crippen LogP contribution in [-0.2, 0) is 28.6 Å². The summed E-state index contributed by atoms with van der Waals surface area (Å²) < 4.78 is 16.9. The van der Waals surface area contributed by atoms with E-state index in [0.717, 1.165) is 96.3 Å². The molecule has 0 saturated carbocycles. The van der Waals surface area contributed by atoms with E-state index in [9.17, 15) is 14.4 Å². The van der Waals surface area contributed by atoms with Gasteiger partial charge in [0, 0.05) is 19.3 Å². The number of carbonyl (C=O) groups is 3. The van der Waals surface area contributed by atoms with Gasteiger partial charge in [-0.2, -0.15) is 0 Å². The van der Waals surface area contributed by atoms with Crippen molar-refractivity contribution in [2.24, 2.45) is 0 Å². The number of rotatable bonds is 66. The summed E-state index contributed by atoms with van der Waals surface area (Å²) in [5.41, 5.74) is 0. The van der Waals surface area contributed by atoms with E-state index in [2.05, 4.69) is 81.5 Å². The molecule has 1 atom stereocenters. The van der Waals surface area contributed by atoms with Crippen LogP contribution in [0.1, 0.15) is 380 Å². The van der Waals surface area contributed by atoms with E-state index in [1.165, 1.54) is 244 Å². The van der Waals surface area contributed by atoms with E-state index in [4.69, 9.17) is 14.2 Å². The molecular weight excluding hydrogens is 997 g/mol. The Labute approximate surface area is 504 Å². The molecule has 0 rings (SSSR count). The minimum absolute atomic E-state index is 0.0786. The molecule has 0 radical (unpaired) electrons. The van der Waals surface area contributed by atoms with Crippen molar-refractivity contribution < 1.29 is 28.6 Å².